The van der Waals surface area contributed by atoms with Gasteiger partial charge in [0, 0.05) is 6.07 Å². The van der Waals surface area contributed by atoms with E-state index < -0.39 is 16.9 Å². The van der Waals surface area contributed by atoms with Gasteiger partial charge in [0.15, 0.2) is 6.10 Å². The zero-order valence-electron chi connectivity index (χ0n) is 8.04. The van der Waals surface area contributed by atoms with E-state index in [1.54, 1.807) is 0 Å². The topological polar surface area (TPSA) is 95.5 Å². The van der Waals surface area contributed by atoms with Crippen LogP contribution in [0.5, 0.6) is 5.75 Å². The first kappa shape index (κ1) is 11.0. The summed E-state index contributed by atoms with van der Waals surface area (Å²) < 4.78 is 5.09. The lowest BCUT2D eigenvalue weighted by Crippen LogP contribution is -2.30. The Bertz CT molecular complexity index is 391. The third-order valence-corrected chi connectivity index (χ3v) is 1.74. The van der Waals surface area contributed by atoms with Crippen LogP contribution in [0.15, 0.2) is 24.3 Å². The van der Waals surface area contributed by atoms with Gasteiger partial charge in [-0.3, -0.25) is 14.9 Å². The fraction of sp³-hybridized carbons (Fsp3) is 0.222. The summed E-state index contributed by atoms with van der Waals surface area (Å²) in [5, 5.41) is 10.4. The number of rotatable bonds is 4. The molecule has 15 heavy (non-hydrogen) atoms. The fourth-order valence-electron chi connectivity index (χ4n) is 0.933. The molecule has 6 nitrogen and oxygen atoms in total. The van der Waals surface area contributed by atoms with E-state index in [1.807, 2.05) is 0 Å². The maximum atomic E-state index is 10.7. The molecule has 80 valence electrons. The van der Waals surface area contributed by atoms with Crippen molar-refractivity contribution < 1.29 is 14.5 Å². The fourth-order valence-corrected chi connectivity index (χ4v) is 0.933. The molecular formula is C9H10N2O4. The van der Waals surface area contributed by atoms with Gasteiger partial charge in [-0.1, -0.05) is 6.07 Å². The van der Waals surface area contributed by atoms with Gasteiger partial charge >= 0.3 is 0 Å². The normalized spacial score (nSPS) is 11.8. The molecule has 0 spiro atoms. The van der Waals surface area contributed by atoms with Gasteiger partial charge in [-0.25, -0.2) is 0 Å². The Hall–Kier alpha value is -2.11. The van der Waals surface area contributed by atoms with Crippen LogP contribution in [0.25, 0.3) is 0 Å². The third-order valence-electron chi connectivity index (χ3n) is 1.74. The lowest BCUT2D eigenvalue weighted by molar-refractivity contribution is -0.384. The molecule has 0 aromatic heterocycles. The van der Waals surface area contributed by atoms with Crippen molar-refractivity contribution in [2.75, 3.05) is 0 Å². The minimum Gasteiger partial charge on any atom is -0.481 e. The van der Waals surface area contributed by atoms with Crippen LogP contribution in [-0.4, -0.2) is 16.9 Å². The molecule has 1 aromatic carbocycles. The van der Waals surface area contributed by atoms with Crippen LogP contribution in [0, 0.1) is 10.1 Å². The third kappa shape index (κ3) is 2.94. The molecule has 0 saturated carbocycles. The van der Waals surface area contributed by atoms with Crippen molar-refractivity contribution in [1.29, 1.82) is 0 Å². The number of carbonyl (C=O) groups is 1. The summed E-state index contributed by atoms with van der Waals surface area (Å²) in [6.07, 6.45) is -0.813. The van der Waals surface area contributed by atoms with E-state index in [-0.39, 0.29) is 11.4 Å². The SMILES string of the molecule is C[C@@H](Oc1cccc([N+](=O)[O-])c1)C(N)=O. The minimum atomic E-state index is -0.813. The quantitative estimate of drug-likeness (QED) is 0.588. The van der Waals surface area contributed by atoms with Gasteiger partial charge in [0.2, 0.25) is 0 Å². The van der Waals surface area contributed by atoms with E-state index in [4.69, 9.17) is 10.5 Å². The lowest BCUT2D eigenvalue weighted by Gasteiger charge is -2.10. The zero-order valence-corrected chi connectivity index (χ0v) is 8.04. The molecule has 1 amide bonds. The van der Waals surface area contributed by atoms with E-state index in [1.165, 1.54) is 31.2 Å². The highest BCUT2D eigenvalue weighted by molar-refractivity contribution is 5.78. The van der Waals surface area contributed by atoms with Crippen LogP contribution in [-0.2, 0) is 4.79 Å². The molecule has 0 unspecified atom stereocenters. The molecule has 0 aliphatic rings. The molecule has 0 saturated heterocycles. The van der Waals surface area contributed by atoms with Gasteiger partial charge in [0.25, 0.3) is 11.6 Å². The Balaban J connectivity index is 2.82. The number of nitro benzene ring substituents is 1. The maximum absolute atomic E-state index is 10.7. The average Bonchev–Trinajstić information content (AvgIpc) is 2.18. The summed E-state index contributed by atoms with van der Waals surface area (Å²) in [4.78, 5) is 20.6. The summed E-state index contributed by atoms with van der Waals surface area (Å²) in [6, 6.07) is 5.56. The van der Waals surface area contributed by atoms with Crippen molar-refractivity contribution in [3.05, 3.63) is 34.4 Å². The van der Waals surface area contributed by atoms with Gasteiger partial charge in [-0.05, 0) is 13.0 Å². The van der Waals surface area contributed by atoms with E-state index in [9.17, 15) is 14.9 Å². The van der Waals surface area contributed by atoms with Crippen molar-refractivity contribution in [3.8, 4) is 5.75 Å². The van der Waals surface area contributed by atoms with Crippen molar-refractivity contribution >= 4 is 11.6 Å². The highest BCUT2D eigenvalue weighted by Gasteiger charge is 2.12. The van der Waals surface area contributed by atoms with Crippen LogP contribution in [0.1, 0.15) is 6.92 Å². The first-order chi connectivity index (χ1) is 7.00. The molecule has 0 aliphatic heterocycles. The first-order valence-corrected chi connectivity index (χ1v) is 4.21. The molecule has 0 fully saturated rings. The van der Waals surface area contributed by atoms with E-state index in [2.05, 4.69) is 0 Å². The Morgan fingerprint density at radius 2 is 2.27 bits per heavy atom. The number of nitrogens with zero attached hydrogens (tertiary/aromatic N) is 1. The molecule has 1 aromatic rings. The number of non-ortho nitro benzene ring substituents is 1. The number of nitro groups is 1. The Morgan fingerprint density at radius 3 is 2.80 bits per heavy atom. The summed E-state index contributed by atoms with van der Waals surface area (Å²) in [6.45, 7) is 1.47. The highest BCUT2D eigenvalue weighted by atomic mass is 16.6. The van der Waals surface area contributed by atoms with Gasteiger partial charge in [0.1, 0.15) is 5.75 Å². The number of hydrogen-bond acceptors (Lipinski definition) is 4. The molecule has 1 rings (SSSR count). The second-order valence-corrected chi connectivity index (χ2v) is 2.92. The largest absolute Gasteiger partial charge is 0.481 e. The number of amides is 1. The molecule has 0 radical (unpaired) electrons. The number of hydrogen-bond donors (Lipinski definition) is 1. The lowest BCUT2D eigenvalue weighted by atomic mass is 10.3. The van der Waals surface area contributed by atoms with Crippen LogP contribution in [0.3, 0.4) is 0 Å². The molecule has 6 heteroatoms. The van der Waals surface area contributed by atoms with Gasteiger partial charge in [0.05, 0.1) is 11.0 Å². The highest BCUT2D eigenvalue weighted by Crippen LogP contribution is 2.19. The van der Waals surface area contributed by atoms with Gasteiger partial charge in [-0.2, -0.15) is 0 Å². The Morgan fingerprint density at radius 1 is 1.60 bits per heavy atom. The van der Waals surface area contributed by atoms with E-state index in [0.29, 0.717) is 0 Å². The predicted octanol–water partition coefficient (Wildman–Crippen LogP) is 0.847. The average molecular weight is 210 g/mol. The van der Waals surface area contributed by atoms with Crippen LogP contribution < -0.4 is 10.5 Å². The van der Waals surface area contributed by atoms with E-state index in [0.717, 1.165) is 0 Å². The monoisotopic (exact) mass is 210 g/mol. The van der Waals surface area contributed by atoms with Crippen LogP contribution >= 0.6 is 0 Å². The molecule has 0 aliphatic carbocycles. The maximum Gasteiger partial charge on any atom is 0.273 e. The van der Waals surface area contributed by atoms with Crippen LogP contribution in [0.2, 0.25) is 0 Å². The smallest absolute Gasteiger partial charge is 0.273 e. The van der Waals surface area contributed by atoms with Crippen molar-refractivity contribution in [2.45, 2.75) is 13.0 Å². The number of benzene rings is 1. The predicted molar refractivity (Wildman–Crippen MR) is 52.4 cm³/mol. The Labute approximate surface area is 85.8 Å². The van der Waals surface area contributed by atoms with E-state index >= 15 is 0 Å². The van der Waals surface area contributed by atoms with Crippen molar-refractivity contribution in [3.63, 3.8) is 0 Å². The summed E-state index contributed by atoms with van der Waals surface area (Å²) in [5.74, 6) is -0.378. The molecular weight excluding hydrogens is 200 g/mol. The molecule has 2 N–H and O–H groups in total. The van der Waals surface area contributed by atoms with Crippen molar-refractivity contribution in [2.24, 2.45) is 5.73 Å². The molecule has 0 bridgehead atoms. The van der Waals surface area contributed by atoms with Gasteiger partial charge in [-0.15, -0.1) is 0 Å². The number of primary amides is 1. The number of carbonyl (C=O) groups excluding carboxylic acids is 1. The van der Waals surface area contributed by atoms with Crippen molar-refractivity contribution in [1.82, 2.24) is 0 Å². The second kappa shape index (κ2) is 4.41. The van der Waals surface area contributed by atoms with Gasteiger partial charge < -0.3 is 10.5 Å². The standard InChI is InChI=1S/C9H10N2O4/c1-6(9(10)12)15-8-4-2-3-7(5-8)11(13)14/h2-6H,1H3,(H2,10,12)/t6-/m1/s1. The number of ether oxygens (including phenoxy) is 1. The second-order valence-electron chi connectivity index (χ2n) is 2.92. The Kier molecular flexibility index (Phi) is 3.22. The molecule has 1 atom stereocenters. The zero-order chi connectivity index (χ0) is 11.4. The summed E-state index contributed by atoms with van der Waals surface area (Å²) >= 11 is 0. The minimum absolute atomic E-state index is 0.0934. The molecule has 0 heterocycles. The number of nitrogens with two attached hydrogens (primary N) is 1. The first-order valence-electron chi connectivity index (χ1n) is 4.21. The van der Waals surface area contributed by atoms with Crippen LogP contribution in [0.4, 0.5) is 5.69 Å². The summed E-state index contributed by atoms with van der Waals surface area (Å²) in [5.41, 5.74) is 4.89. The summed E-state index contributed by atoms with van der Waals surface area (Å²) in [7, 11) is 0.